The number of carbonyl (C=O) groups excluding carboxylic acids is 1. The Morgan fingerprint density at radius 2 is 1.78 bits per heavy atom. The SMILES string of the molecule is CO[Si](CCCNC(=O)OC(CCl)CS(=O)(=O)[O-])(OC)OC.[Na+]. The van der Waals surface area contributed by atoms with Crippen molar-refractivity contribution in [1.82, 2.24) is 5.32 Å². The average Bonchev–Trinajstić information content (AvgIpc) is 2.46. The van der Waals surface area contributed by atoms with E-state index in [0.29, 0.717) is 12.5 Å². The first-order valence-electron chi connectivity index (χ1n) is 6.31. The second kappa shape index (κ2) is 12.9. The Hall–Kier alpha value is 0.567. The van der Waals surface area contributed by atoms with Crippen LogP contribution in [0.25, 0.3) is 0 Å². The number of hydrogen-bond donors (Lipinski definition) is 1. The Morgan fingerprint density at radius 3 is 2.17 bits per heavy atom. The number of ether oxygens (including phenoxy) is 1. The molecule has 0 aliphatic heterocycles. The van der Waals surface area contributed by atoms with Crippen molar-refractivity contribution in [2.75, 3.05) is 39.5 Å². The first-order valence-corrected chi connectivity index (χ1v) is 10.4. The van der Waals surface area contributed by atoms with Crippen LogP contribution in [0, 0.1) is 0 Å². The number of carbonyl (C=O) groups is 1. The maximum atomic E-state index is 11.5. The number of alkyl carbamates (subject to hydrolysis) is 1. The molecule has 0 bridgehead atoms. The number of amides is 1. The van der Waals surface area contributed by atoms with E-state index in [1.165, 1.54) is 21.3 Å². The second-order valence-corrected chi connectivity index (χ2v) is 9.08. The van der Waals surface area contributed by atoms with Gasteiger partial charge in [0.15, 0.2) is 0 Å². The van der Waals surface area contributed by atoms with E-state index in [-0.39, 0.29) is 42.0 Å². The van der Waals surface area contributed by atoms with Gasteiger partial charge in [0, 0.05) is 33.9 Å². The van der Waals surface area contributed by atoms with Crippen LogP contribution in [-0.4, -0.2) is 73.5 Å². The molecule has 0 rings (SSSR count). The Balaban J connectivity index is 0. The molecule has 0 aromatic rings. The van der Waals surface area contributed by atoms with E-state index in [4.69, 9.17) is 29.6 Å². The minimum atomic E-state index is -4.52. The van der Waals surface area contributed by atoms with E-state index in [1.54, 1.807) is 0 Å². The molecular weight excluding hydrogens is 381 g/mol. The number of alkyl halides is 1. The monoisotopic (exact) mass is 401 g/mol. The molecule has 0 aliphatic carbocycles. The van der Waals surface area contributed by atoms with Gasteiger partial charge in [0.05, 0.1) is 21.8 Å². The van der Waals surface area contributed by atoms with Crippen molar-refractivity contribution in [3.63, 3.8) is 0 Å². The fourth-order valence-corrected chi connectivity index (χ4v) is 4.25. The molecule has 132 valence electrons. The summed E-state index contributed by atoms with van der Waals surface area (Å²) in [5.41, 5.74) is 0. The summed E-state index contributed by atoms with van der Waals surface area (Å²) in [6.07, 6.45) is -1.54. The zero-order valence-corrected chi connectivity index (χ0v) is 18.2. The molecule has 1 atom stereocenters. The first kappa shape index (κ1) is 25.8. The quantitative estimate of drug-likeness (QED) is 0.170. The first-order chi connectivity index (χ1) is 10.2. The normalized spacial score (nSPS) is 13.1. The van der Waals surface area contributed by atoms with Crippen LogP contribution in [-0.2, 0) is 28.1 Å². The van der Waals surface area contributed by atoms with Gasteiger partial charge in [0.25, 0.3) is 0 Å². The van der Waals surface area contributed by atoms with Gasteiger partial charge in [-0.15, -0.1) is 11.6 Å². The topological polar surface area (TPSA) is 123 Å². The van der Waals surface area contributed by atoms with Crippen LogP contribution in [0.1, 0.15) is 6.42 Å². The summed E-state index contributed by atoms with van der Waals surface area (Å²) in [6.45, 7) is 0.239. The second-order valence-electron chi connectivity index (χ2n) is 4.23. The van der Waals surface area contributed by atoms with Crippen LogP contribution in [0.3, 0.4) is 0 Å². The number of rotatable bonds is 11. The Morgan fingerprint density at radius 1 is 1.26 bits per heavy atom. The molecule has 0 radical (unpaired) electrons. The molecule has 0 aliphatic rings. The van der Waals surface area contributed by atoms with Crippen molar-refractivity contribution in [3.05, 3.63) is 0 Å². The Kier molecular flexibility index (Phi) is 14.4. The van der Waals surface area contributed by atoms with Crippen LogP contribution in [0.15, 0.2) is 0 Å². The van der Waals surface area contributed by atoms with Crippen LogP contribution < -0.4 is 34.9 Å². The van der Waals surface area contributed by atoms with Crippen molar-refractivity contribution < 1.29 is 65.3 Å². The Labute approximate surface area is 164 Å². The number of nitrogens with one attached hydrogen (secondary N) is 1. The Bertz CT molecular complexity index is 428. The van der Waals surface area contributed by atoms with Crippen LogP contribution in [0.2, 0.25) is 6.04 Å². The average molecular weight is 402 g/mol. The molecule has 0 saturated heterocycles. The molecule has 1 N–H and O–H groups in total. The third-order valence-electron chi connectivity index (χ3n) is 2.70. The minimum Gasteiger partial charge on any atom is -0.748 e. The van der Waals surface area contributed by atoms with Crippen LogP contribution in [0.5, 0.6) is 0 Å². The maximum absolute atomic E-state index is 11.5. The van der Waals surface area contributed by atoms with E-state index in [1.807, 2.05) is 0 Å². The van der Waals surface area contributed by atoms with Gasteiger partial charge in [-0.2, -0.15) is 0 Å². The largest absolute Gasteiger partial charge is 1.00 e. The van der Waals surface area contributed by atoms with Gasteiger partial charge in [-0.3, -0.25) is 0 Å². The molecule has 0 aromatic heterocycles. The molecule has 0 aromatic carbocycles. The van der Waals surface area contributed by atoms with Crippen molar-refractivity contribution in [1.29, 1.82) is 0 Å². The minimum absolute atomic E-state index is 0. The summed E-state index contributed by atoms with van der Waals surface area (Å²) in [5.74, 6) is -1.15. The van der Waals surface area contributed by atoms with Gasteiger partial charge in [-0.25, -0.2) is 13.2 Å². The number of halogens is 1. The van der Waals surface area contributed by atoms with E-state index >= 15 is 0 Å². The van der Waals surface area contributed by atoms with Crippen molar-refractivity contribution >= 4 is 36.6 Å². The fourth-order valence-electron chi connectivity index (χ4n) is 1.58. The van der Waals surface area contributed by atoms with Gasteiger partial charge in [0.2, 0.25) is 0 Å². The van der Waals surface area contributed by atoms with E-state index in [9.17, 15) is 17.8 Å². The van der Waals surface area contributed by atoms with E-state index < -0.39 is 36.9 Å². The molecule has 9 nitrogen and oxygen atoms in total. The zero-order valence-electron chi connectivity index (χ0n) is 13.7. The zero-order chi connectivity index (χ0) is 17.2. The summed E-state index contributed by atoms with van der Waals surface area (Å²) in [7, 11) is -2.77. The van der Waals surface area contributed by atoms with Gasteiger partial charge >= 0.3 is 44.5 Å². The maximum Gasteiger partial charge on any atom is 1.00 e. The van der Waals surface area contributed by atoms with Crippen LogP contribution in [0.4, 0.5) is 4.79 Å². The summed E-state index contributed by atoms with van der Waals surface area (Å²) in [6, 6.07) is 0.477. The molecule has 13 heteroatoms. The van der Waals surface area contributed by atoms with Crippen molar-refractivity contribution in [2.45, 2.75) is 18.6 Å². The summed E-state index contributed by atoms with van der Waals surface area (Å²) < 4.78 is 52.1. The van der Waals surface area contributed by atoms with Gasteiger partial charge < -0.3 is 27.9 Å². The molecule has 0 spiro atoms. The van der Waals surface area contributed by atoms with Gasteiger partial charge in [-0.1, -0.05) is 0 Å². The standard InChI is InChI=1S/C10H22ClNO8SSi.Na/c1-17-22(18-2,19-3)6-4-5-12-10(13)20-9(7-11)8-21(14,15)16;/h9H,4-8H2,1-3H3,(H,12,13)(H,14,15,16);/q;+1/p-1. The smallest absolute Gasteiger partial charge is 0.748 e. The molecule has 0 heterocycles. The molecule has 0 saturated carbocycles. The third kappa shape index (κ3) is 11.7. The molecule has 1 amide bonds. The van der Waals surface area contributed by atoms with Crippen molar-refractivity contribution in [3.8, 4) is 0 Å². The summed E-state index contributed by atoms with van der Waals surface area (Å²) in [4.78, 5) is 11.5. The predicted molar refractivity (Wildman–Crippen MR) is 79.8 cm³/mol. The summed E-state index contributed by atoms with van der Waals surface area (Å²) >= 11 is 5.44. The summed E-state index contributed by atoms with van der Waals surface area (Å²) in [5, 5.41) is 2.42. The molecule has 0 fully saturated rings. The van der Waals surface area contributed by atoms with Gasteiger partial charge in [-0.05, 0) is 6.42 Å². The predicted octanol–water partition coefficient (Wildman–Crippen LogP) is -2.86. The fraction of sp³-hybridized carbons (Fsp3) is 0.900. The van der Waals surface area contributed by atoms with E-state index in [0.717, 1.165) is 0 Å². The van der Waals surface area contributed by atoms with Crippen LogP contribution >= 0.6 is 11.6 Å². The third-order valence-corrected chi connectivity index (χ3v) is 6.65. The van der Waals surface area contributed by atoms with Crippen molar-refractivity contribution in [2.24, 2.45) is 0 Å². The number of hydrogen-bond acceptors (Lipinski definition) is 8. The molecule has 23 heavy (non-hydrogen) atoms. The van der Waals surface area contributed by atoms with E-state index in [2.05, 4.69) is 5.32 Å². The molecular formula is C10H21ClNNaO8SSi. The van der Waals surface area contributed by atoms with Gasteiger partial charge in [0.1, 0.15) is 6.10 Å². The molecule has 1 unspecified atom stereocenters.